The first-order valence-electron chi connectivity index (χ1n) is 13.0. The topological polar surface area (TPSA) is 128 Å². The van der Waals surface area contributed by atoms with Gasteiger partial charge in [0, 0.05) is 48.7 Å². The third-order valence-electron chi connectivity index (χ3n) is 7.67. The van der Waals surface area contributed by atoms with Gasteiger partial charge in [0.05, 0.1) is 12.2 Å². The van der Waals surface area contributed by atoms with Crippen LogP contribution in [0.25, 0.3) is 16.8 Å². The standard InChI is InChI=1S/C29H29N7O3/c1-2-23(37)35-14-10-29(11-15-35)17-21(18-39-29)27-34-24(25-26(30)32-13-16-36(25)27)19-6-8-20(9-7-19)28(38)33-22-5-3-4-12-31-22/h2-9,12-13,16,21H,1,10-11,14-15,17-18H2,(H2,30,32)(H,31,33,38). The Morgan fingerprint density at radius 2 is 1.90 bits per heavy atom. The van der Waals surface area contributed by atoms with Crippen molar-refractivity contribution in [2.24, 2.45) is 0 Å². The van der Waals surface area contributed by atoms with Crippen LogP contribution in [0.3, 0.4) is 0 Å². The Kier molecular flexibility index (Phi) is 6.32. The molecule has 2 saturated heterocycles. The van der Waals surface area contributed by atoms with E-state index in [1.165, 1.54) is 6.08 Å². The molecule has 3 N–H and O–H groups in total. The van der Waals surface area contributed by atoms with E-state index in [1.807, 2.05) is 33.7 Å². The van der Waals surface area contributed by atoms with E-state index in [1.54, 1.807) is 36.7 Å². The second-order valence-electron chi connectivity index (χ2n) is 10.0. The zero-order valence-corrected chi connectivity index (χ0v) is 21.4. The number of hydrogen-bond acceptors (Lipinski definition) is 7. The number of nitrogens with two attached hydrogens (primary N) is 1. The first-order valence-corrected chi connectivity index (χ1v) is 13.0. The third-order valence-corrected chi connectivity index (χ3v) is 7.67. The Labute approximate surface area is 225 Å². The molecule has 39 heavy (non-hydrogen) atoms. The van der Waals surface area contributed by atoms with Gasteiger partial charge in [0.2, 0.25) is 5.91 Å². The molecule has 0 saturated carbocycles. The Balaban J connectivity index is 1.26. The number of piperidine rings is 1. The maximum Gasteiger partial charge on any atom is 0.256 e. The van der Waals surface area contributed by atoms with E-state index >= 15 is 0 Å². The average Bonchev–Trinajstić information content (AvgIpc) is 3.56. The summed E-state index contributed by atoms with van der Waals surface area (Å²) in [6.45, 7) is 5.45. The molecule has 1 aromatic carbocycles. The number of nitrogens with zero attached hydrogens (tertiary/aromatic N) is 5. The minimum absolute atomic E-state index is 0.0357. The van der Waals surface area contributed by atoms with E-state index in [9.17, 15) is 9.59 Å². The fraction of sp³-hybridized carbons (Fsp3) is 0.276. The number of carbonyl (C=O) groups excluding carboxylic acids is 2. The van der Waals surface area contributed by atoms with Crippen LogP contribution in [0.4, 0.5) is 11.6 Å². The maximum atomic E-state index is 12.7. The fourth-order valence-electron chi connectivity index (χ4n) is 5.60. The number of fused-ring (bicyclic) bond motifs is 1. The van der Waals surface area contributed by atoms with Crippen LogP contribution in [0, 0.1) is 0 Å². The monoisotopic (exact) mass is 523 g/mol. The molecule has 10 nitrogen and oxygen atoms in total. The molecule has 2 aliphatic rings. The summed E-state index contributed by atoms with van der Waals surface area (Å²) in [5.41, 5.74) is 8.85. The fourth-order valence-corrected chi connectivity index (χ4v) is 5.60. The molecule has 0 radical (unpaired) electrons. The average molecular weight is 524 g/mol. The van der Waals surface area contributed by atoms with E-state index in [4.69, 9.17) is 15.5 Å². The van der Waals surface area contributed by atoms with Gasteiger partial charge in [0.1, 0.15) is 28.7 Å². The minimum atomic E-state index is -0.268. The number of nitrogen functional groups attached to an aromatic ring is 1. The van der Waals surface area contributed by atoms with Gasteiger partial charge in [-0.15, -0.1) is 0 Å². The zero-order chi connectivity index (χ0) is 27.0. The summed E-state index contributed by atoms with van der Waals surface area (Å²) in [5, 5.41) is 2.80. The number of hydrogen-bond donors (Lipinski definition) is 2. The summed E-state index contributed by atoms with van der Waals surface area (Å²) >= 11 is 0. The number of benzene rings is 1. The van der Waals surface area contributed by atoms with E-state index < -0.39 is 0 Å². The predicted octanol–water partition coefficient (Wildman–Crippen LogP) is 3.68. The largest absolute Gasteiger partial charge is 0.382 e. The highest BCUT2D eigenvalue weighted by atomic mass is 16.5. The molecular formula is C29H29N7O3. The van der Waals surface area contributed by atoms with Crippen LogP contribution >= 0.6 is 0 Å². The van der Waals surface area contributed by atoms with Crippen LogP contribution in [0.15, 0.2) is 73.7 Å². The Morgan fingerprint density at radius 3 is 2.62 bits per heavy atom. The van der Waals surface area contributed by atoms with Crippen molar-refractivity contribution in [1.82, 2.24) is 24.3 Å². The highest BCUT2D eigenvalue weighted by Gasteiger charge is 2.45. The van der Waals surface area contributed by atoms with Gasteiger partial charge in [-0.3, -0.25) is 14.0 Å². The van der Waals surface area contributed by atoms with Crippen molar-refractivity contribution in [3.05, 3.63) is 85.1 Å². The SMILES string of the molecule is C=CC(=O)N1CCC2(CC1)CC(c1nc(-c3ccc(C(=O)Nc4ccccn4)cc3)c3c(N)nccn13)CO2. The van der Waals surface area contributed by atoms with Crippen molar-refractivity contribution >= 4 is 29.0 Å². The normalized spacial score (nSPS) is 18.4. The summed E-state index contributed by atoms with van der Waals surface area (Å²) in [6, 6.07) is 12.6. The lowest BCUT2D eigenvalue weighted by atomic mass is 9.85. The molecule has 1 unspecified atom stereocenters. The Morgan fingerprint density at radius 1 is 1.10 bits per heavy atom. The van der Waals surface area contributed by atoms with Gasteiger partial charge in [0.15, 0.2) is 0 Å². The Hall–Kier alpha value is -4.57. The van der Waals surface area contributed by atoms with Gasteiger partial charge in [-0.25, -0.2) is 15.0 Å². The molecular weight excluding hydrogens is 494 g/mol. The molecule has 1 spiro atoms. The van der Waals surface area contributed by atoms with Gasteiger partial charge in [-0.05, 0) is 49.6 Å². The number of imidazole rings is 1. The van der Waals surface area contributed by atoms with Crippen molar-refractivity contribution in [3.8, 4) is 11.3 Å². The smallest absolute Gasteiger partial charge is 0.256 e. The third kappa shape index (κ3) is 4.63. The van der Waals surface area contributed by atoms with E-state index in [-0.39, 0.29) is 23.3 Å². The van der Waals surface area contributed by atoms with Crippen molar-refractivity contribution in [2.45, 2.75) is 30.8 Å². The number of pyridine rings is 1. The maximum absolute atomic E-state index is 12.7. The lowest BCUT2D eigenvalue weighted by Gasteiger charge is -2.38. The summed E-state index contributed by atoms with van der Waals surface area (Å²) in [6.07, 6.45) is 8.93. The van der Waals surface area contributed by atoms with E-state index in [2.05, 4.69) is 21.9 Å². The number of anilines is 2. The summed E-state index contributed by atoms with van der Waals surface area (Å²) < 4.78 is 8.38. The molecule has 6 rings (SSSR count). The van der Waals surface area contributed by atoms with Gasteiger partial charge < -0.3 is 20.7 Å². The zero-order valence-electron chi connectivity index (χ0n) is 21.4. The number of carbonyl (C=O) groups is 2. The second-order valence-corrected chi connectivity index (χ2v) is 10.0. The number of rotatable bonds is 5. The van der Waals surface area contributed by atoms with Crippen molar-refractivity contribution in [1.29, 1.82) is 0 Å². The van der Waals surface area contributed by atoms with Crippen LogP contribution in [-0.4, -0.2) is 61.4 Å². The molecule has 10 heteroatoms. The van der Waals surface area contributed by atoms with Crippen molar-refractivity contribution in [2.75, 3.05) is 30.7 Å². The minimum Gasteiger partial charge on any atom is -0.382 e. The number of nitrogens with one attached hydrogen (secondary N) is 1. The highest BCUT2D eigenvalue weighted by molar-refractivity contribution is 6.04. The highest BCUT2D eigenvalue weighted by Crippen LogP contribution is 2.43. The molecule has 2 amide bonds. The second kappa shape index (κ2) is 9.95. The molecule has 198 valence electrons. The molecule has 0 bridgehead atoms. The van der Waals surface area contributed by atoms with E-state index in [0.29, 0.717) is 42.6 Å². The number of aromatic nitrogens is 4. The van der Waals surface area contributed by atoms with Crippen LogP contribution in [0.2, 0.25) is 0 Å². The van der Waals surface area contributed by atoms with Gasteiger partial charge in [0.25, 0.3) is 5.91 Å². The van der Waals surface area contributed by atoms with Crippen LogP contribution in [-0.2, 0) is 9.53 Å². The summed E-state index contributed by atoms with van der Waals surface area (Å²) in [7, 11) is 0. The summed E-state index contributed by atoms with van der Waals surface area (Å²) in [5.74, 6) is 1.53. The number of ether oxygens (including phenoxy) is 1. The lowest BCUT2D eigenvalue weighted by Crippen LogP contribution is -2.45. The first kappa shape index (κ1) is 24.7. The molecule has 0 aliphatic carbocycles. The van der Waals surface area contributed by atoms with Gasteiger partial charge in [-0.1, -0.05) is 24.8 Å². The van der Waals surface area contributed by atoms with Gasteiger partial charge >= 0.3 is 0 Å². The van der Waals surface area contributed by atoms with Crippen LogP contribution in [0.5, 0.6) is 0 Å². The van der Waals surface area contributed by atoms with Crippen LogP contribution in [0.1, 0.15) is 41.4 Å². The molecule has 2 aliphatic heterocycles. The molecule has 1 atom stereocenters. The number of amides is 2. The van der Waals surface area contributed by atoms with E-state index in [0.717, 1.165) is 36.2 Å². The Bertz CT molecular complexity index is 1540. The first-order chi connectivity index (χ1) is 19.0. The predicted molar refractivity (Wildman–Crippen MR) is 147 cm³/mol. The molecule has 5 heterocycles. The van der Waals surface area contributed by atoms with Crippen molar-refractivity contribution in [3.63, 3.8) is 0 Å². The quantitative estimate of drug-likeness (QED) is 0.382. The molecule has 2 fully saturated rings. The van der Waals surface area contributed by atoms with Crippen LogP contribution < -0.4 is 11.1 Å². The number of likely N-dealkylation sites (tertiary alicyclic amines) is 1. The lowest BCUT2D eigenvalue weighted by molar-refractivity contribution is -0.130. The van der Waals surface area contributed by atoms with Crippen molar-refractivity contribution < 1.29 is 14.3 Å². The van der Waals surface area contributed by atoms with Gasteiger partial charge in [-0.2, -0.15) is 0 Å². The molecule has 3 aromatic heterocycles. The molecule has 4 aromatic rings. The summed E-state index contributed by atoms with van der Waals surface area (Å²) in [4.78, 5) is 40.0.